The van der Waals surface area contributed by atoms with Gasteiger partial charge in [0.2, 0.25) is 0 Å². The lowest BCUT2D eigenvalue weighted by atomic mass is 10.4. The molecule has 0 radical (unpaired) electrons. The molecular formula is C10H22MgO10. The first-order chi connectivity index (χ1) is 9.22. The highest BCUT2D eigenvalue weighted by atomic mass is 24.3. The number of unbranched alkanes of at least 4 members (excludes halogenated alkanes) is 1. The molecule has 0 fully saturated rings. The van der Waals surface area contributed by atoms with Crippen LogP contribution in [0.3, 0.4) is 0 Å². The minimum atomic E-state index is -1.66. The van der Waals surface area contributed by atoms with Gasteiger partial charge in [0.25, 0.3) is 6.29 Å². The van der Waals surface area contributed by atoms with Crippen molar-refractivity contribution in [3.8, 4) is 0 Å². The molecule has 11 heteroatoms. The molecule has 0 spiro atoms. The summed E-state index contributed by atoms with van der Waals surface area (Å²) in [6, 6.07) is 0. The van der Waals surface area contributed by atoms with E-state index in [1.807, 2.05) is 6.92 Å². The van der Waals surface area contributed by atoms with Crippen LogP contribution in [0.2, 0.25) is 0 Å². The summed E-state index contributed by atoms with van der Waals surface area (Å²) in [5.41, 5.74) is 0. The standard InChI is InChI=1S/C6H12O4.2C2H4O3.Mg.2H/c1-2-3-4-10-6(9)5(7)8;2*3-1-2(4)5;;;/h6,9H,2-4H2,1H3,(H,7,8);2*3H,1H2,(H,4,5);;;. The lowest BCUT2D eigenvalue weighted by Gasteiger charge is -2.05. The van der Waals surface area contributed by atoms with Crippen molar-refractivity contribution in [3.63, 3.8) is 0 Å². The highest BCUT2D eigenvalue weighted by Gasteiger charge is 2.11. The average Bonchev–Trinajstić information content (AvgIpc) is 2.40. The summed E-state index contributed by atoms with van der Waals surface area (Å²) in [6.45, 7) is 0.695. The molecule has 0 rings (SSSR count). The molecule has 0 aliphatic heterocycles. The van der Waals surface area contributed by atoms with Gasteiger partial charge in [-0.05, 0) is 6.42 Å². The zero-order valence-corrected chi connectivity index (χ0v) is 10.9. The number of aliphatic carboxylic acids is 3. The summed E-state index contributed by atoms with van der Waals surface area (Å²) < 4.78 is 4.50. The van der Waals surface area contributed by atoms with Gasteiger partial charge in [0, 0.05) is 0 Å². The normalized spacial score (nSPS) is 9.71. The number of hydrogen-bond donors (Lipinski definition) is 6. The summed E-state index contributed by atoms with van der Waals surface area (Å²) in [4.78, 5) is 28.2. The van der Waals surface area contributed by atoms with Crippen LogP contribution >= 0.6 is 0 Å². The molecule has 124 valence electrons. The van der Waals surface area contributed by atoms with Crippen molar-refractivity contribution in [2.45, 2.75) is 26.1 Å². The van der Waals surface area contributed by atoms with Crippen LogP contribution in [0, 0.1) is 0 Å². The number of hydrogen-bond acceptors (Lipinski definition) is 7. The first kappa shape index (κ1) is 28.2. The predicted molar refractivity (Wildman–Crippen MR) is 72.5 cm³/mol. The summed E-state index contributed by atoms with van der Waals surface area (Å²) in [6.07, 6.45) is 0.0305. The van der Waals surface area contributed by atoms with Gasteiger partial charge in [-0.1, -0.05) is 13.3 Å². The highest BCUT2D eigenvalue weighted by Crippen LogP contribution is 1.91. The Kier molecular flexibility index (Phi) is 28.6. The monoisotopic (exact) mass is 326 g/mol. The molecule has 0 aliphatic rings. The third kappa shape index (κ3) is 38.1. The van der Waals surface area contributed by atoms with Crippen molar-refractivity contribution in [1.29, 1.82) is 0 Å². The molecule has 10 nitrogen and oxygen atoms in total. The molecule has 0 aromatic carbocycles. The van der Waals surface area contributed by atoms with E-state index >= 15 is 0 Å². The number of rotatable bonds is 7. The van der Waals surface area contributed by atoms with E-state index in [2.05, 4.69) is 4.74 Å². The summed E-state index contributed by atoms with van der Waals surface area (Å²) >= 11 is 0. The summed E-state index contributed by atoms with van der Waals surface area (Å²) in [7, 11) is 0. The van der Waals surface area contributed by atoms with E-state index in [1.165, 1.54) is 0 Å². The Bertz CT molecular complexity index is 257. The number of carboxylic acids is 3. The van der Waals surface area contributed by atoms with Crippen molar-refractivity contribution in [1.82, 2.24) is 0 Å². The molecule has 1 unspecified atom stereocenters. The van der Waals surface area contributed by atoms with Gasteiger partial charge in [-0.25, -0.2) is 14.4 Å². The van der Waals surface area contributed by atoms with Crippen LogP contribution in [-0.4, -0.2) is 97.7 Å². The number of aliphatic hydroxyl groups excluding tert-OH is 3. The fraction of sp³-hybridized carbons (Fsp3) is 0.700. The third-order valence-corrected chi connectivity index (χ3v) is 1.26. The first-order valence-electron chi connectivity index (χ1n) is 5.40. The Balaban J connectivity index is -0.000000112. The van der Waals surface area contributed by atoms with Gasteiger partial charge in [0.05, 0.1) is 6.61 Å². The van der Waals surface area contributed by atoms with E-state index in [0.29, 0.717) is 6.61 Å². The molecule has 0 aromatic heterocycles. The van der Waals surface area contributed by atoms with E-state index < -0.39 is 37.4 Å². The molecule has 0 saturated heterocycles. The Hall–Kier alpha value is -0.984. The van der Waals surface area contributed by atoms with Gasteiger partial charge in [-0.15, -0.1) is 0 Å². The lowest BCUT2D eigenvalue weighted by molar-refractivity contribution is -0.176. The topological polar surface area (TPSA) is 182 Å². The molecule has 0 aromatic rings. The maximum Gasteiger partial charge on any atom is 0.360 e. The number of carboxylic acid groups (broad SMARTS) is 3. The van der Waals surface area contributed by atoms with Crippen molar-refractivity contribution >= 4 is 41.0 Å². The minimum absolute atomic E-state index is 0. The van der Waals surface area contributed by atoms with E-state index in [1.54, 1.807) is 0 Å². The summed E-state index contributed by atoms with van der Waals surface area (Å²) in [5, 5.41) is 46.7. The van der Waals surface area contributed by atoms with Gasteiger partial charge >= 0.3 is 41.0 Å². The lowest BCUT2D eigenvalue weighted by Crippen LogP contribution is -2.23. The molecule has 21 heavy (non-hydrogen) atoms. The smallest absolute Gasteiger partial charge is 0.360 e. The molecule has 0 amide bonds. The Morgan fingerprint density at radius 2 is 1.33 bits per heavy atom. The number of ether oxygens (including phenoxy) is 1. The second kappa shape index (κ2) is 21.3. The van der Waals surface area contributed by atoms with Crippen LogP contribution in [0.15, 0.2) is 0 Å². The fourth-order valence-electron chi connectivity index (χ4n) is 0.411. The van der Waals surface area contributed by atoms with Gasteiger partial charge in [-0.3, -0.25) is 0 Å². The van der Waals surface area contributed by atoms with Gasteiger partial charge in [0.1, 0.15) is 13.2 Å². The van der Waals surface area contributed by atoms with Crippen LogP contribution < -0.4 is 0 Å². The van der Waals surface area contributed by atoms with Gasteiger partial charge < -0.3 is 35.4 Å². The Labute approximate surface area is 137 Å². The van der Waals surface area contributed by atoms with Crippen molar-refractivity contribution in [2.24, 2.45) is 0 Å². The molecular weight excluding hydrogens is 304 g/mol. The molecule has 6 N–H and O–H groups in total. The largest absolute Gasteiger partial charge is 0.480 e. The SMILES string of the molecule is CCCCOC(O)C(=O)O.O=C(O)CO.O=C(O)CO.[MgH2]. The van der Waals surface area contributed by atoms with E-state index in [4.69, 9.17) is 40.2 Å². The van der Waals surface area contributed by atoms with E-state index in [-0.39, 0.29) is 23.1 Å². The van der Waals surface area contributed by atoms with Crippen molar-refractivity contribution in [3.05, 3.63) is 0 Å². The second-order valence-electron chi connectivity index (χ2n) is 3.02. The first-order valence-corrected chi connectivity index (χ1v) is 5.40. The molecule has 0 aliphatic carbocycles. The summed E-state index contributed by atoms with van der Waals surface area (Å²) in [5.74, 6) is -3.72. The van der Waals surface area contributed by atoms with Gasteiger partial charge in [0.15, 0.2) is 0 Å². The maximum atomic E-state index is 9.92. The van der Waals surface area contributed by atoms with Crippen LogP contribution in [0.4, 0.5) is 0 Å². The minimum Gasteiger partial charge on any atom is -0.480 e. The van der Waals surface area contributed by atoms with E-state index in [9.17, 15) is 4.79 Å². The Morgan fingerprint density at radius 3 is 1.52 bits per heavy atom. The predicted octanol–water partition coefficient (Wildman–Crippen LogP) is -2.58. The molecule has 0 heterocycles. The highest BCUT2D eigenvalue weighted by molar-refractivity contribution is 5.75. The zero-order chi connectivity index (χ0) is 16.6. The number of aliphatic hydroxyl groups is 3. The second-order valence-corrected chi connectivity index (χ2v) is 3.02. The van der Waals surface area contributed by atoms with Crippen LogP contribution in [0.5, 0.6) is 0 Å². The zero-order valence-electron chi connectivity index (χ0n) is 10.9. The third-order valence-electron chi connectivity index (χ3n) is 1.26. The van der Waals surface area contributed by atoms with Gasteiger partial charge in [-0.2, -0.15) is 0 Å². The maximum absolute atomic E-state index is 9.92. The van der Waals surface area contributed by atoms with Crippen LogP contribution in [0.25, 0.3) is 0 Å². The van der Waals surface area contributed by atoms with Crippen molar-refractivity contribution in [2.75, 3.05) is 19.8 Å². The Morgan fingerprint density at radius 1 is 1.00 bits per heavy atom. The fourth-order valence-corrected chi connectivity index (χ4v) is 0.411. The van der Waals surface area contributed by atoms with Crippen molar-refractivity contribution < 1.29 is 49.8 Å². The van der Waals surface area contributed by atoms with E-state index in [0.717, 1.165) is 12.8 Å². The average molecular weight is 327 g/mol. The van der Waals surface area contributed by atoms with Crippen LogP contribution in [0.1, 0.15) is 19.8 Å². The number of carbonyl (C=O) groups is 3. The molecule has 0 bridgehead atoms. The quantitative estimate of drug-likeness (QED) is 0.165. The van der Waals surface area contributed by atoms with Crippen LogP contribution in [-0.2, 0) is 19.1 Å². The molecule has 0 saturated carbocycles. The molecule has 1 atom stereocenters.